The van der Waals surface area contributed by atoms with Crippen molar-refractivity contribution in [1.82, 2.24) is 10.2 Å². The number of ether oxygens (including phenoxy) is 1. The average Bonchev–Trinajstić information content (AvgIpc) is 2.56. The Kier molecular flexibility index (Phi) is 5.67. The maximum atomic E-state index is 5.56. The minimum absolute atomic E-state index is 0.707. The standard InChI is InChI=1S/C18H28N2O/c1-2-5-16(6-3-1)14-20-10-8-18(9-11-20)19-13-17-7-4-12-21-15-17/h1-3,5-6,17-19H,4,7-15H2. The van der Waals surface area contributed by atoms with Crippen molar-refractivity contribution in [1.29, 1.82) is 0 Å². The third-order valence-corrected chi connectivity index (χ3v) is 4.79. The largest absolute Gasteiger partial charge is 0.381 e. The van der Waals surface area contributed by atoms with Gasteiger partial charge in [0.1, 0.15) is 0 Å². The van der Waals surface area contributed by atoms with Crippen LogP contribution in [0, 0.1) is 5.92 Å². The number of nitrogens with one attached hydrogen (secondary N) is 1. The zero-order chi connectivity index (χ0) is 14.3. The van der Waals surface area contributed by atoms with Gasteiger partial charge in [0.15, 0.2) is 0 Å². The van der Waals surface area contributed by atoms with Crippen LogP contribution in [0.2, 0.25) is 0 Å². The Bertz CT molecular complexity index is 395. The van der Waals surface area contributed by atoms with E-state index in [1.807, 2.05) is 0 Å². The van der Waals surface area contributed by atoms with Crippen molar-refractivity contribution in [3.63, 3.8) is 0 Å². The van der Waals surface area contributed by atoms with Gasteiger partial charge < -0.3 is 10.1 Å². The van der Waals surface area contributed by atoms with Crippen LogP contribution < -0.4 is 5.32 Å². The molecule has 0 aliphatic carbocycles. The second-order valence-electron chi connectivity index (χ2n) is 6.53. The van der Waals surface area contributed by atoms with Crippen LogP contribution in [0.4, 0.5) is 0 Å². The number of hydrogen-bond donors (Lipinski definition) is 1. The molecule has 1 atom stereocenters. The minimum atomic E-state index is 0.707. The van der Waals surface area contributed by atoms with Crippen LogP contribution in [-0.2, 0) is 11.3 Å². The van der Waals surface area contributed by atoms with E-state index < -0.39 is 0 Å². The van der Waals surface area contributed by atoms with E-state index >= 15 is 0 Å². The Balaban J connectivity index is 1.35. The van der Waals surface area contributed by atoms with Gasteiger partial charge >= 0.3 is 0 Å². The number of likely N-dealkylation sites (tertiary alicyclic amines) is 1. The summed E-state index contributed by atoms with van der Waals surface area (Å²) in [6, 6.07) is 11.5. The zero-order valence-corrected chi connectivity index (χ0v) is 13.0. The van der Waals surface area contributed by atoms with Crippen LogP contribution in [0.3, 0.4) is 0 Å². The topological polar surface area (TPSA) is 24.5 Å². The Hall–Kier alpha value is -0.900. The van der Waals surface area contributed by atoms with Crippen LogP contribution in [0.15, 0.2) is 30.3 Å². The van der Waals surface area contributed by atoms with Gasteiger partial charge in [0.05, 0.1) is 6.61 Å². The molecule has 1 N–H and O–H groups in total. The molecule has 3 rings (SSSR count). The fourth-order valence-electron chi connectivity index (χ4n) is 3.44. The van der Waals surface area contributed by atoms with E-state index in [1.54, 1.807) is 0 Å². The zero-order valence-electron chi connectivity index (χ0n) is 13.0. The molecule has 0 spiro atoms. The fourth-order valence-corrected chi connectivity index (χ4v) is 3.44. The van der Waals surface area contributed by atoms with Crippen LogP contribution in [0.5, 0.6) is 0 Å². The minimum Gasteiger partial charge on any atom is -0.381 e. The third-order valence-electron chi connectivity index (χ3n) is 4.79. The van der Waals surface area contributed by atoms with E-state index in [0.717, 1.165) is 32.2 Å². The summed E-state index contributed by atoms with van der Waals surface area (Å²) in [6.45, 7) is 6.60. The summed E-state index contributed by atoms with van der Waals surface area (Å²) in [4.78, 5) is 2.58. The monoisotopic (exact) mass is 288 g/mol. The van der Waals surface area contributed by atoms with Crippen molar-refractivity contribution in [2.75, 3.05) is 32.8 Å². The smallest absolute Gasteiger partial charge is 0.0506 e. The van der Waals surface area contributed by atoms with E-state index in [1.165, 1.54) is 44.3 Å². The SMILES string of the molecule is c1ccc(CN2CCC(NCC3CCCOC3)CC2)cc1. The lowest BCUT2D eigenvalue weighted by molar-refractivity contribution is 0.0524. The first kappa shape index (κ1) is 15.0. The lowest BCUT2D eigenvalue weighted by Gasteiger charge is -2.33. The van der Waals surface area contributed by atoms with Crippen LogP contribution >= 0.6 is 0 Å². The fraction of sp³-hybridized carbons (Fsp3) is 0.667. The van der Waals surface area contributed by atoms with E-state index in [-0.39, 0.29) is 0 Å². The highest BCUT2D eigenvalue weighted by Crippen LogP contribution is 2.16. The first-order valence-electron chi connectivity index (χ1n) is 8.47. The molecule has 21 heavy (non-hydrogen) atoms. The summed E-state index contributed by atoms with van der Waals surface area (Å²) in [6.07, 6.45) is 5.13. The number of rotatable bonds is 5. The first-order valence-corrected chi connectivity index (χ1v) is 8.47. The molecule has 0 amide bonds. The molecule has 116 valence electrons. The summed E-state index contributed by atoms with van der Waals surface area (Å²) in [5.41, 5.74) is 1.43. The van der Waals surface area contributed by atoms with Crippen molar-refractivity contribution >= 4 is 0 Å². The molecule has 2 fully saturated rings. The summed E-state index contributed by atoms with van der Waals surface area (Å²) in [5.74, 6) is 0.737. The van der Waals surface area contributed by atoms with Crippen molar-refractivity contribution in [3.8, 4) is 0 Å². The van der Waals surface area contributed by atoms with Crippen LogP contribution in [0.25, 0.3) is 0 Å². The second kappa shape index (κ2) is 7.92. The lowest BCUT2D eigenvalue weighted by atomic mass is 10.00. The van der Waals surface area contributed by atoms with Gasteiger partial charge in [-0.25, -0.2) is 0 Å². The van der Waals surface area contributed by atoms with Crippen molar-refractivity contribution < 1.29 is 4.74 Å². The van der Waals surface area contributed by atoms with Gasteiger partial charge in [-0.3, -0.25) is 4.90 Å². The van der Waals surface area contributed by atoms with Crippen LogP contribution in [0.1, 0.15) is 31.2 Å². The Labute approximate surface area is 128 Å². The molecule has 0 saturated carbocycles. The van der Waals surface area contributed by atoms with Gasteiger partial charge in [0.2, 0.25) is 0 Å². The van der Waals surface area contributed by atoms with Gasteiger partial charge in [-0.1, -0.05) is 30.3 Å². The summed E-state index contributed by atoms with van der Waals surface area (Å²) >= 11 is 0. The van der Waals surface area contributed by atoms with E-state index in [2.05, 4.69) is 40.5 Å². The number of nitrogens with zero attached hydrogens (tertiary/aromatic N) is 1. The van der Waals surface area contributed by atoms with Gasteiger partial charge in [-0.15, -0.1) is 0 Å². The molecule has 2 heterocycles. The quantitative estimate of drug-likeness (QED) is 0.901. The van der Waals surface area contributed by atoms with Gasteiger partial charge in [-0.05, 0) is 50.3 Å². The summed E-state index contributed by atoms with van der Waals surface area (Å²) < 4.78 is 5.56. The molecule has 3 nitrogen and oxygen atoms in total. The predicted molar refractivity (Wildman–Crippen MR) is 86.3 cm³/mol. The molecular weight excluding hydrogens is 260 g/mol. The van der Waals surface area contributed by atoms with E-state index in [4.69, 9.17) is 4.74 Å². The lowest BCUT2D eigenvalue weighted by Crippen LogP contribution is -2.44. The van der Waals surface area contributed by atoms with E-state index in [0.29, 0.717) is 6.04 Å². The van der Waals surface area contributed by atoms with Crippen LogP contribution in [-0.4, -0.2) is 43.8 Å². The molecule has 0 radical (unpaired) electrons. The third kappa shape index (κ3) is 4.80. The number of benzene rings is 1. The average molecular weight is 288 g/mol. The van der Waals surface area contributed by atoms with Gasteiger partial charge in [0, 0.05) is 25.7 Å². The molecule has 1 aromatic rings. The Morgan fingerprint density at radius 3 is 2.62 bits per heavy atom. The Morgan fingerprint density at radius 1 is 1.10 bits per heavy atom. The molecule has 0 aromatic heterocycles. The number of hydrogen-bond acceptors (Lipinski definition) is 3. The normalized spacial score (nSPS) is 25.0. The predicted octanol–water partition coefficient (Wildman–Crippen LogP) is 2.67. The molecule has 2 aliphatic rings. The van der Waals surface area contributed by atoms with Gasteiger partial charge in [0.25, 0.3) is 0 Å². The highest BCUT2D eigenvalue weighted by atomic mass is 16.5. The maximum Gasteiger partial charge on any atom is 0.0506 e. The molecular formula is C18H28N2O. The summed E-state index contributed by atoms with van der Waals surface area (Å²) in [5, 5.41) is 3.77. The van der Waals surface area contributed by atoms with Crippen molar-refractivity contribution in [2.24, 2.45) is 5.92 Å². The first-order chi connectivity index (χ1) is 10.4. The molecule has 2 aliphatic heterocycles. The molecule has 2 saturated heterocycles. The highest BCUT2D eigenvalue weighted by Gasteiger charge is 2.20. The molecule has 0 bridgehead atoms. The van der Waals surface area contributed by atoms with E-state index in [9.17, 15) is 0 Å². The summed E-state index contributed by atoms with van der Waals surface area (Å²) in [7, 11) is 0. The Morgan fingerprint density at radius 2 is 1.90 bits per heavy atom. The molecule has 3 heteroatoms. The van der Waals surface area contributed by atoms with Crippen molar-refractivity contribution in [2.45, 2.75) is 38.3 Å². The highest BCUT2D eigenvalue weighted by molar-refractivity contribution is 5.14. The maximum absolute atomic E-state index is 5.56. The van der Waals surface area contributed by atoms with Gasteiger partial charge in [-0.2, -0.15) is 0 Å². The molecule has 1 aromatic carbocycles. The second-order valence-corrected chi connectivity index (χ2v) is 6.53. The number of piperidine rings is 1. The van der Waals surface area contributed by atoms with Crippen molar-refractivity contribution in [3.05, 3.63) is 35.9 Å². The molecule has 1 unspecified atom stereocenters.